The van der Waals surface area contributed by atoms with Crippen LogP contribution in [-0.2, 0) is 9.47 Å². The topological polar surface area (TPSA) is 93.6 Å². The van der Waals surface area contributed by atoms with Gasteiger partial charge in [-0.05, 0) is 36.3 Å². The Morgan fingerprint density at radius 1 is 1.30 bits per heavy atom. The number of hydrogen-bond donors (Lipinski definition) is 2. The second kappa shape index (κ2) is 5.58. The Kier molecular flexibility index (Phi) is 3.66. The molecule has 0 bridgehead atoms. The van der Waals surface area contributed by atoms with Crippen molar-refractivity contribution in [1.82, 2.24) is 9.97 Å². The van der Waals surface area contributed by atoms with Gasteiger partial charge in [-0.15, -0.1) is 0 Å². The molecule has 2 heterocycles. The van der Waals surface area contributed by atoms with Crippen LogP contribution in [0.15, 0.2) is 6.20 Å². The quantitative estimate of drug-likeness (QED) is 0.815. The van der Waals surface area contributed by atoms with Crippen LogP contribution in [0.4, 0.5) is 5.82 Å². The van der Waals surface area contributed by atoms with Crippen molar-refractivity contribution in [1.29, 1.82) is 0 Å². The minimum Gasteiger partial charge on any atom is -0.477 e. The molecule has 0 radical (unpaired) electrons. The van der Waals surface area contributed by atoms with E-state index in [9.17, 15) is 9.90 Å². The van der Waals surface area contributed by atoms with Crippen LogP contribution in [-0.4, -0.2) is 46.1 Å². The molecule has 3 fully saturated rings. The molecule has 1 aliphatic heterocycles. The Balaban J connectivity index is 1.45. The van der Waals surface area contributed by atoms with Gasteiger partial charge in [-0.1, -0.05) is 0 Å². The first-order valence-corrected chi connectivity index (χ1v) is 8.23. The van der Waals surface area contributed by atoms with Gasteiger partial charge in [0.25, 0.3) is 0 Å². The summed E-state index contributed by atoms with van der Waals surface area (Å²) in [7, 11) is 0. The zero-order chi connectivity index (χ0) is 16.0. The minimum absolute atomic E-state index is 0.0439. The molecule has 0 aromatic carbocycles. The SMILES string of the molecule is O=C(O)c1cnc(Cl)nc1NC1C[C@@H]2CC3(C[C@@H]2C1)OCCO3. The average Bonchev–Trinajstić information content (AvgIpc) is 3.15. The van der Waals surface area contributed by atoms with Gasteiger partial charge in [0.15, 0.2) is 5.79 Å². The molecule has 2 aliphatic carbocycles. The third-order valence-corrected chi connectivity index (χ3v) is 5.31. The van der Waals surface area contributed by atoms with Gasteiger partial charge in [0.2, 0.25) is 5.28 Å². The predicted octanol–water partition coefficient (Wildman–Crippen LogP) is 2.17. The third kappa shape index (κ3) is 2.77. The first-order valence-electron chi connectivity index (χ1n) is 7.85. The lowest BCUT2D eigenvalue weighted by Gasteiger charge is -2.24. The van der Waals surface area contributed by atoms with E-state index < -0.39 is 5.97 Å². The van der Waals surface area contributed by atoms with Gasteiger partial charge in [-0.2, -0.15) is 4.98 Å². The number of nitrogens with one attached hydrogen (secondary N) is 1. The molecule has 124 valence electrons. The van der Waals surface area contributed by atoms with Crippen molar-refractivity contribution in [2.75, 3.05) is 18.5 Å². The molecular weight excluding hydrogens is 322 g/mol. The Morgan fingerprint density at radius 3 is 2.57 bits per heavy atom. The van der Waals surface area contributed by atoms with Crippen molar-refractivity contribution >= 4 is 23.4 Å². The van der Waals surface area contributed by atoms with Crippen molar-refractivity contribution in [2.24, 2.45) is 11.8 Å². The second-order valence-electron chi connectivity index (χ2n) is 6.56. The van der Waals surface area contributed by atoms with E-state index in [4.69, 9.17) is 21.1 Å². The molecule has 23 heavy (non-hydrogen) atoms. The van der Waals surface area contributed by atoms with E-state index in [1.165, 1.54) is 6.20 Å². The monoisotopic (exact) mass is 339 g/mol. The van der Waals surface area contributed by atoms with Crippen molar-refractivity contribution in [3.63, 3.8) is 0 Å². The number of aromatic nitrogens is 2. The molecule has 3 atom stereocenters. The molecule has 1 aromatic rings. The molecule has 1 spiro atoms. The maximum atomic E-state index is 11.3. The van der Waals surface area contributed by atoms with Crippen LogP contribution in [0.5, 0.6) is 0 Å². The Bertz CT molecular complexity index is 619. The molecule has 8 heteroatoms. The molecule has 1 unspecified atom stereocenters. The van der Waals surface area contributed by atoms with Crippen molar-refractivity contribution in [3.05, 3.63) is 17.0 Å². The van der Waals surface area contributed by atoms with Gasteiger partial charge in [-0.25, -0.2) is 9.78 Å². The smallest absolute Gasteiger partial charge is 0.341 e. The van der Waals surface area contributed by atoms with Crippen molar-refractivity contribution in [2.45, 2.75) is 37.5 Å². The number of carboxylic acid groups (broad SMARTS) is 1. The third-order valence-electron chi connectivity index (χ3n) is 5.13. The zero-order valence-corrected chi connectivity index (χ0v) is 13.3. The Morgan fingerprint density at radius 2 is 1.96 bits per heavy atom. The fraction of sp³-hybridized carbons (Fsp3) is 0.667. The number of hydrogen-bond acceptors (Lipinski definition) is 6. The van der Waals surface area contributed by atoms with Gasteiger partial charge < -0.3 is 19.9 Å². The van der Waals surface area contributed by atoms with Crippen LogP contribution in [0.2, 0.25) is 5.28 Å². The number of nitrogens with zero attached hydrogens (tertiary/aromatic N) is 2. The molecular formula is C15H18ClN3O4. The first-order chi connectivity index (χ1) is 11.0. The number of anilines is 1. The van der Waals surface area contributed by atoms with Crippen LogP contribution in [0.3, 0.4) is 0 Å². The number of rotatable bonds is 3. The summed E-state index contributed by atoms with van der Waals surface area (Å²) in [5, 5.41) is 12.5. The summed E-state index contributed by atoms with van der Waals surface area (Å²) in [5.41, 5.74) is 0.0467. The van der Waals surface area contributed by atoms with Gasteiger partial charge in [0.05, 0.1) is 13.2 Å². The summed E-state index contributed by atoms with van der Waals surface area (Å²) in [6.45, 7) is 1.37. The van der Waals surface area contributed by atoms with Gasteiger partial charge >= 0.3 is 5.97 Å². The number of carbonyl (C=O) groups is 1. The number of ether oxygens (including phenoxy) is 2. The van der Waals surface area contributed by atoms with Crippen LogP contribution >= 0.6 is 11.6 Å². The summed E-state index contributed by atoms with van der Waals surface area (Å²) in [5.74, 6) is -0.0444. The highest BCUT2D eigenvalue weighted by Crippen LogP contribution is 2.52. The highest BCUT2D eigenvalue weighted by atomic mass is 35.5. The summed E-state index contributed by atoms with van der Waals surface area (Å²) in [6, 6.07) is 0.188. The van der Waals surface area contributed by atoms with Crippen LogP contribution < -0.4 is 5.32 Å². The number of carboxylic acids is 1. The normalized spacial score (nSPS) is 31.4. The number of aromatic carboxylic acids is 1. The highest BCUT2D eigenvalue weighted by molar-refractivity contribution is 6.28. The fourth-order valence-corrected chi connectivity index (χ4v) is 4.40. The van der Waals surface area contributed by atoms with E-state index in [0.717, 1.165) is 25.7 Å². The van der Waals surface area contributed by atoms with E-state index >= 15 is 0 Å². The lowest BCUT2D eigenvalue weighted by Crippen LogP contribution is -2.28. The fourth-order valence-electron chi connectivity index (χ4n) is 4.27. The molecule has 1 aromatic heterocycles. The predicted molar refractivity (Wildman–Crippen MR) is 81.5 cm³/mol. The number of fused-ring (bicyclic) bond motifs is 1. The standard InChI is InChI=1S/C15H18ClN3O4/c16-14-17-7-11(13(20)21)12(19-14)18-10-3-8-5-15(6-9(8)4-10)22-1-2-23-15/h7-10H,1-6H2,(H,20,21)(H,17,18,19)/t8-,9+,10?. The second-order valence-corrected chi connectivity index (χ2v) is 6.89. The largest absolute Gasteiger partial charge is 0.477 e. The van der Waals surface area contributed by atoms with E-state index in [2.05, 4.69) is 15.3 Å². The van der Waals surface area contributed by atoms with Gasteiger partial charge in [0.1, 0.15) is 11.4 Å². The lowest BCUT2D eigenvalue weighted by atomic mass is 10.0. The van der Waals surface area contributed by atoms with E-state index in [-0.39, 0.29) is 22.7 Å². The highest BCUT2D eigenvalue weighted by Gasteiger charge is 2.52. The average molecular weight is 340 g/mol. The number of halogens is 1. The maximum Gasteiger partial charge on any atom is 0.341 e. The van der Waals surface area contributed by atoms with E-state index in [1.54, 1.807) is 0 Å². The molecule has 2 N–H and O–H groups in total. The van der Waals surface area contributed by atoms with Crippen molar-refractivity contribution < 1.29 is 19.4 Å². The minimum atomic E-state index is -1.06. The summed E-state index contributed by atoms with van der Waals surface area (Å²) < 4.78 is 11.6. The van der Waals surface area contributed by atoms with Crippen molar-refractivity contribution in [3.8, 4) is 0 Å². The van der Waals surface area contributed by atoms with Gasteiger partial charge in [0, 0.05) is 25.1 Å². The van der Waals surface area contributed by atoms with Gasteiger partial charge in [-0.3, -0.25) is 0 Å². The molecule has 1 saturated heterocycles. The summed E-state index contributed by atoms with van der Waals surface area (Å²) in [4.78, 5) is 19.1. The van der Waals surface area contributed by atoms with Crippen LogP contribution in [0.1, 0.15) is 36.0 Å². The summed E-state index contributed by atoms with van der Waals surface area (Å²) >= 11 is 5.80. The molecule has 0 amide bonds. The Hall–Kier alpha value is -1.44. The first kappa shape index (κ1) is 15.1. The molecule has 3 aliphatic rings. The van der Waals surface area contributed by atoms with Crippen LogP contribution in [0.25, 0.3) is 0 Å². The van der Waals surface area contributed by atoms with E-state index in [1.807, 2.05) is 0 Å². The molecule has 4 rings (SSSR count). The van der Waals surface area contributed by atoms with Crippen LogP contribution in [0, 0.1) is 11.8 Å². The maximum absolute atomic E-state index is 11.3. The Labute approximate surface area is 138 Å². The zero-order valence-electron chi connectivity index (χ0n) is 12.5. The summed E-state index contributed by atoms with van der Waals surface area (Å²) in [6.07, 6.45) is 5.00. The molecule has 7 nitrogen and oxygen atoms in total. The molecule has 2 saturated carbocycles. The lowest BCUT2D eigenvalue weighted by molar-refractivity contribution is -0.155. The van der Waals surface area contributed by atoms with E-state index in [0.29, 0.717) is 30.9 Å².